The molecule has 0 saturated heterocycles. The summed E-state index contributed by atoms with van der Waals surface area (Å²) >= 11 is 1.37. The molecule has 5 nitrogen and oxygen atoms in total. The molecule has 2 heterocycles. The molecule has 0 saturated carbocycles. The summed E-state index contributed by atoms with van der Waals surface area (Å²) in [6.07, 6.45) is 2.33. The molecule has 1 amide bonds. The van der Waals surface area contributed by atoms with Gasteiger partial charge in [-0.25, -0.2) is 0 Å². The molecule has 0 aliphatic carbocycles. The van der Waals surface area contributed by atoms with E-state index in [1.807, 2.05) is 23.1 Å². The molecule has 2 aliphatic heterocycles. The van der Waals surface area contributed by atoms with Crippen LogP contribution in [0.5, 0.6) is 0 Å². The molecule has 1 aromatic rings. The number of carbonyl (C=O) groups excluding carboxylic acids is 1. The molecule has 2 aliphatic rings. The van der Waals surface area contributed by atoms with Gasteiger partial charge in [0.1, 0.15) is 0 Å². The molecule has 1 aromatic carbocycles. The number of anilines is 1. The number of hydrogen-bond acceptors (Lipinski definition) is 5. The van der Waals surface area contributed by atoms with Gasteiger partial charge in [0.15, 0.2) is 13.1 Å². The number of rotatable bonds is 3. The zero-order chi connectivity index (χ0) is 12.4. The summed E-state index contributed by atoms with van der Waals surface area (Å²) in [6, 6.07) is 8.06. The first-order valence-corrected chi connectivity index (χ1v) is 6.71. The molecule has 18 heavy (non-hydrogen) atoms. The second-order valence-corrected chi connectivity index (χ2v) is 5.03. The third kappa shape index (κ3) is 2.15. The van der Waals surface area contributed by atoms with Crippen molar-refractivity contribution >= 4 is 29.9 Å². The summed E-state index contributed by atoms with van der Waals surface area (Å²) in [4.78, 5) is 14.0. The van der Waals surface area contributed by atoms with Crippen LogP contribution in [0.15, 0.2) is 29.4 Å². The van der Waals surface area contributed by atoms with Crippen LogP contribution in [0, 0.1) is 0 Å². The molecule has 3 rings (SSSR count). The van der Waals surface area contributed by atoms with Crippen LogP contribution in [-0.2, 0) is 16.0 Å². The Balaban J connectivity index is 1.62. The number of hydrogen-bond donors (Lipinski definition) is 0. The molecule has 0 atom stereocenters. The van der Waals surface area contributed by atoms with Gasteiger partial charge >= 0.3 is 0 Å². The van der Waals surface area contributed by atoms with Crippen molar-refractivity contribution in [2.75, 3.05) is 23.9 Å². The number of ether oxygens (including phenoxy) is 1. The summed E-state index contributed by atoms with van der Waals surface area (Å²) in [5.74, 6) is 0.502. The van der Waals surface area contributed by atoms with Crippen LogP contribution in [0.2, 0.25) is 0 Å². The van der Waals surface area contributed by atoms with Gasteiger partial charge < -0.3 is 9.64 Å². The molecule has 0 unspecified atom stereocenters. The van der Waals surface area contributed by atoms with Crippen molar-refractivity contribution in [3.63, 3.8) is 0 Å². The predicted molar refractivity (Wildman–Crippen MR) is 71.2 cm³/mol. The largest absolute Gasteiger partial charge is 0.459 e. The minimum absolute atomic E-state index is 0.118. The Labute approximate surface area is 110 Å². The van der Waals surface area contributed by atoms with Gasteiger partial charge in [-0.15, -0.1) is 5.10 Å². The second kappa shape index (κ2) is 4.89. The first-order chi connectivity index (χ1) is 8.84. The third-order valence-corrected chi connectivity index (χ3v) is 3.83. The number of fused-ring (bicyclic) bond motifs is 1. The van der Waals surface area contributed by atoms with Gasteiger partial charge in [0.25, 0.3) is 0 Å². The third-order valence-electron chi connectivity index (χ3n) is 2.96. The van der Waals surface area contributed by atoms with E-state index in [0.29, 0.717) is 12.5 Å². The maximum Gasteiger partial charge on any atom is 0.238 e. The zero-order valence-corrected chi connectivity index (χ0v) is 10.6. The van der Waals surface area contributed by atoms with Gasteiger partial charge in [-0.2, -0.15) is 4.41 Å². The van der Waals surface area contributed by atoms with Gasteiger partial charge in [-0.05, 0) is 30.0 Å². The van der Waals surface area contributed by atoms with Crippen LogP contribution in [0.1, 0.15) is 5.56 Å². The van der Waals surface area contributed by atoms with Crippen LogP contribution < -0.4 is 4.90 Å². The van der Waals surface area contributed by atoms with E-state index in [0.717, 1.165) is 18.7 Å². The minimum Gasteiger partial charge on any atom is -0.459 e. The highest BCUT2D eigenvalue weighted by molar-refractivity contribution is 7.97. The second-order valence-electron chi connectivity index (χ2n) is 4.07. The number of carbonyl (C=O) groups is 1. The lowest BCUT2D eigenvalue weighted by Crippen LogP contribution is -2.31. The van der Waals surface area contributed by atoms with Crippen molar-refractivity contribution in [2.45, 2.75) is 6.42 Å². The molecule has 0 fully saturated rings. The maximum atomic E-state index is 12.2. The van der Waals surface area contributed by atoms with Crippen molar-refractivity contribution < 1.29 is 9.53 Å². The van der Waals surface area contributed by atoms with Crippen molar-refractivity contribution in [3.8, 4) is 0 Å². The number of para-hydroxylation sites is 1. The SMILES string of the molecule is O=C(CSN1COC=N1)N1CCc2ccccc21. The van der Waals surface area contributed by atoms with E-state index in [2.05, 4.69) is 11.2 Å². The Kier molecular flexibility index (Phi) is 3.10. The molecule has 0 bridgehead atoms. The Hall–Kier alpha value is -1.69. The van der Waals surface area contributed by atoms with Crippen LogP contribution in [-0.4, -0.2) is 35.8 Å². The van der Waals surface area contributed by atoms with Crippen molar-refractivity contribution in [1.82, 2.24) is 4.41 Å². The number of nitrogens with zero attached hydrogens (tertiary/aromatic N) is 3. The lowest BCUT2D eigenvalue weighted by molar-refractivity contribution is -0.116. The maximum absolute atomic E-state index is 12.2. The van der Waals surface area contributed by atoms with Crippen LogP contribution in [0.4, 0.5) is 5.69 Å². The molecule has 0 N–H and O–H groups in total. The smallest absolute Gasteiger partial charge is 0.238 e. The Morgan fingerprint density at radius 3 is 3.17 bits per heavy atom. The van der Waals surface area contributed by atoms with E-state index in [4.69, 9.17) is 4.74 Å². The van der Waals surface area contributed by atoms with Gasteiger partial charge in [0, 0.05) is 12.2 Å². The van der Waals surface area contributed by atoms with Crippen molar-refractivity contribution in [1.29, 1.82) is 0 Å². The minimum atomic E-state index is 0.118. The molecular weight excluding hydrogens is 250 g/mol. The monoisotopic (exact) mass is 263 g/mol. The van der Waals surface area contributed by atoms with Crippen LogP contribution >= 0.6 is 11.9 Å². The Morgan fingerprint density at radius 2 is 2.33 bits per heavy atom. The Bertz CT molecular complexity index is 492. The molecular formula is C12H13N3O2S. The first-order valence-electron chi connectivity index (χ1n) is 5.77. The van der Waals surface area contributed by atoms with E-state index in [1.165, 1.54) is 23.9 Å². The molecule has 0 aromatic heterocycles. The average Bonchev–Trinajstić information content (AvgIpc) is 3.05. The predicted octanol–water partition coefficient (Wildman–Crippen LogP) is 1.46. The van der Waals surface area contributed by atoms with Crippen LogP contribution in [0.3, 0.4) is 0 Å². The molecule has 6 heteroatoms. The van der Waals surface area contributed by atoms with Gasteiger partial charge in [0.2, 0.25) is 5.91 Å². The molecule has 0 spiro atoms. The zero-order valence-electron chi connectivity index (χ0n) is 9.78. The van der Waals surface area contributed by atoms with Crippen molar-refractivity contribution in [2.24, 2.45) is 5.10 Å². The van der Waals surface area contributed by atoms with Crippen LogP contribution in [0.25, 0.3) is 0 Å². The fraction of sp³-hybridized carbons (Fsp3) is 0.333. The highest BCUT2D eigenvalue weighted by atomic mass is 32.2. The summed E-state index contributed by atoms with van der Waals surface area (Å²) in [5, 5.41) is 3.96. The highest BCUT2D eigenvalue weighted by Gasteiger charge is 2.24. The number of hydrazone groups is 1. The van der Waals surface area contributed by atoms with Gasteiger partial charge in [-0.3, -0.25) is 4.79 Å². The summed E-state index contributed by atoms with van der Waals surface area (Å²) in [5.41, 5.74) is 2.29. The topological polar surface area (TPSA) is 45.1 Å². The summed E-state index contributed by atoms with van der Waals surface area (Å²) < 4.78 is 6.63. The highest BCUT2D eigenvalue weighted by Crippen LogP contribution is 2.28. The summed E-state index contributed by atoms with van der Waals surface area (Å²) in [6.45, 7) is 1.19. The fourth-order valence-corrected chi connectivity index (χ4v) is 2.75. The van der Waals surface area contributed by atoms with E-state index in [1.54, 1.807) is 4.41 Å². The van der Waals surface area contributed by atoms with E-state index >= 15 is 0 Å². The standard InChI is InChI=1S/C12H13N3O2S/c16-12(7-18-15-9-17-8-13-15)14-6-5-10-3-1-2-4-11(10)14/h1-4,8H,5-7,9H2. The molecule has 0 radical (unpaired) electrons. The normalized spacial score (nSPS) is 16.9. The lowest BCUT2D eigenvalue weighted by Gasteiger charge is -2.18. The summed E-state index contributed by atoms with van der Waals surface area (Å²) in [7, 11) is 0. The quantitative estimate of drug-likeness (QED) is 0.774. The Morgan fingerprint density at radius 1 is 1.44 bits per heavy atom. The van der Waals surface area contributed by atoms with E-state index in [9.17, 15) is 4.79 Å². The number of benzene rings is 1. The van der Waals surface area contributed by atoms with E-state index in [-0.39, 0.29) is 5.91 Å². The fourth-order valence-electron chi connectivity index (χ4n) is 2.09. The average molecular weight is 263 g/mol. The van der Waals surface area contributed by atoms with E-state index < -0.39 is 0 Å². The lowest BCUT2D eigenvalue weighted by atomic mass is 10.2. The first kappa shape index (κ1) is 11.4. The number of amides is 1. The van der Waals surface area contributed by atoms with Gasteiger partial charge in [-0.1, -0.05) is 18.2 Å². The van der Waals surface area contributed by atoms with Crippen molar-refractivity contribution in [3.05, 3.63) is 29.8 Å². The van der Waals surface area contributed by atoms with Gasteiger partial charge in [0.05, 0.1) is 5.75 Å². The molecule has 94 valence electrons.